The van der Waals surface area contributed by atoms with Crippen LogP contribution in [0.2, 0.25) is 0 Å². The van der Waals surface area contributed by atoms with E-state index in [1.54, 1.807) is 0 Å². The minimum absolute atomic E-state index is 0.204. The molecule has 0 saturated carbocycles. The molecule has 3 heteroatoms. The molecule has 156 valence electrons. The van der Waals surface area contributed by atoms with Gasteiger partial charge in [-0.05, 0) is 22.3 Å². The number of benzene rings is 4. The van der Waals surface area contributed by atoms with E-state index < -0.39 is 9.04 Å². The lowest BCUT2D eigenvalue weighted by Crippen LogP contribution is -2.57. The van der Waals surface area contributed by atoms with Gasteiger partial charge in [-0.25, -0.2) is 0 Å². The molecule has 1 nitrogen and oxygen atoms in total. The Morgan fingerprint density at radius 3 is 0.903 bits per heavy atom. The van der Waals surface area contributed by atoms with Gasteiger partial charge in [0.2, 0.25) is 0 Å². The monoisotopic (exact) mass is 438 g/mol. The molecule has 0 aliphatic carbocycles. The lowest BCUT2D eigenvalue weighted by atomic mass is 9.90. The highest BCUT2D eigenvalue weighted by atomic mass is 28.3. The molecule has 0 saturated heterocycles. The van der Waals surface area contributed by atoms with Crippen LogP contribution in [0.25, 0.3) is 0 Å². The zero-order valence-electron chi connectivity index (χ0n) is 18.5. The maximum Gasteiger partial charge on any atom is 0.192 e. The van der Waals surface area contributed by atoms with Crippen molar-refractivity contribution in [3.8, 4) is 0 Å². The van der Waals surface area contributed by atoms with E-state index in [1.807, 2.05) is 0 Å². The first-order chi connectivity index (χ1) is 15.1. The molecule has 0 aromatic heterocycles. The summed E-state index contributed by atoms with van der Waals surface area (Å²) < 4.78 is 6.78. The van der Waals surface area contributed by atoms with Crippen molar-refractivity contribution in [1.29, 1.82) is 0 Å². The summed E-state index contributed by atoms with van der Waals surface area (Å²) in [6.07, 6.45) is 0. The van der Waals surface area contributed by atoms with Crippen LogP contribution < -0.4 is 0 Å². The van der Waals surface area contributed by atoms with E-state index in [9.17, 15) is 0 Å². The average Bonchev–Trinajstić information content (AvgIpc) is 2.86. The van der Waals surface area contributed by atoms with E-state index in [0.717, 1.165) is 0 Å². The molecule has 0 aliphatic heterocycles. The lowest BCUT2D eigenvalue weighted by molar-refractivity contribution is 0.511. The fourth-order valence-electron chi connectivity index (χ4n) is 5.13. The average molecular weight is 439 g/mol. The van der Waals surface area contributed by atoms with E-state index in [4.69, 9.17) is 4.12 Å². The zero-order valence-corrected chi connectivity index (χ0v) is 21.7. The van der Waals surface area contributed by atoms with E-state index in [0.29, 0.717) is 10.5 Å². The molecule has 31 heavy (non-hydrogen) atoms. The third-order valence-corrected chi connectivity index (χ3v) is 12.1. The molecule has 0 amide bonds. The Labute approximate surface area is 191 Å². The van der Waals surface area contributed by atoms with Gasteiger partial charge < -0.3 is 4.12 Å². The fourth-order valence-corrected chi connectivity index (χ4v) is 12.0. The van der Waals surface area contributed by atoms with Crippen molar-refractivity contribution in [2.45, 2.75) is 23.9 Å². The Morgan fingerprint density at radius 2 is 0.710 bits per heavy atom. The molecule has 0 bridgehead atoms. The Kier molecular flexibility index (Phi) is 6.37. The maximum atomic E-state index is 6.78. The predicted molar refractivity (Wildman–Crippen MR) is 137 cm³/mol. The van der Waals surface area contributed by atoms with Crippen molar-refractivity contribution in [2.24, 2.45) is 0 Å². The zero-order chi connectivity index (χ0) is 21.7. The number of rotatable bonds is 7. The summed E-state index contributed by atoms with van der Waals surface area (Å²) in [5, 5.41) is -0.407. The smallest absolute Gasteiger partial charge is 0.192 e. The summed E-state index contributed by atoms with van der Waals surface area (Å²) in [6, 6.07) is 43.7. The van der Waals surface area contributed by atoms with Crippen molar-refractivity contribution in [3.05, 3.63) is 144 Å². The summed E-state index contributed by atoms with van der Waals surface area (Å²) in [4.78, 5) is 0. The summed E-state index contributed by atoms with van der Waals surface area (Å²) in [5.41, 5.74) is 5.30. The van der Waals surface area contributed by atoms with Crippen LogP contribution >= 0.6 is 0 Å². The first-order valence-electron chi connectivity index (χ1n) is 10.9. The summed E-state index contributed by atoms with van der Waals surface area (Å²) in [7, 11) is -1.32. The Morgan fingerprint density at radius 1 is 0.484 bits per heavy atom. The van der Waals surface area contributed by atoms with Gasteiger partial charge in [0, 0.05) is 10.1 Å². The van der Waals surface area contributed by atoms with Crippen LogP contribution in [-0.2, 0) is 14.2 Å². The van der Waals surface area contributed by atoms with Gasteiger partial charge in [-0.2, -0.15) is 0 Å². The van der Waals surface area contributed by atoms with Gasteiger partial charge in [0.1, 0.15) is 10.5 Å². The molecule has 0 heterocycles. The third kappa shape index (κ3) is 3.85. The SMILES string of the molecule is CC(c1ccccc1)(c1ccccc1)[SiH](O[SiH3])C(C)(c1ccccc1)c1ccccc1. The van der Waals surface area contributed by atoms with Crippen molar-refractivity contribution >= 4 is 19.5 Å². The van der Waals surface area contributed by atoms with Crippen LogP contribution in [0.15, 0.2) is 121 Å². The minimum Gasteiger partial charge on any atom is -0.464 e. The van der Waals surface area contributed by atoms with E-state index in [-0.39, 0.29) is 10.1 Å². The second-order valence-corrected chi connectivity index (χ2v) is 13.4. The third-order valence-electron chi connectivity index (χ3n) is 6.78. The van der Waals surface area contributed by atoms with Gasteiger partial charge in [-0.1, -0.05) is 135 Å². The van der Waals surface area contributed by atoms with Gasteiger partial charge in [0.25, 0.3) is 0 Å². The molecule has 4 aromatic rings. The quantitative estimate of drug-likeness (QED) is 0.365. The Bertz CT molecular complexity index is 915. The second-order valence-electron chi connectivity index (χ2n) is 8.48. The highest BCUT2D eigenvalue weighted by Gasteiger charge is 2.51. The second kappa shape index (κ2) is 9.19. The fraction of sp³-hybridized carbons (Fsp3) is 0.143. The van der Waals surface area contributed by atoms with Crippen molar-refractivity contribution in [1.82, 2.24) is 0 Å². The Hall–Kier alpha value is -2.73. The van der Waals surface area contributed by atoms with Crippen molar-refractivity contribution in [2.75, 3.05) is 0 Å². The summed E-state index contributed by atoms with van der Waals surface area (Å²) >= 11 is 0. The minimum atomic E-state index is -2.02. The van der Waals surface area contributed by atoms with Crippen molar-refractivity contribution < 1.29 is 4.12 Å². The molecule has 0 unspecified atom stereocenters. The van der Waals surface area contributed by atoms with Crippen LogP contribution in [0, 0.1) is 0 Å². The van der Waals surface area contributed by atoms with Gasteiger partial charge in [-0.15, -0.1) is 0 Å². The highest BCUT2D eigenvalue weighted by Crippen LogP contribution is 2.46. The highest BCUT2D eigenvalue weighted by molar-refractivity contribution is 6.64. The van der Waals surface area contributed by atoms with E-state index in [2.05, 4.69) is 135 Å². The van der Waals surface area contributed by atoms with Gasteiger partial charge >= 0.3 is 0 Å². The van der Waals surface area contributed by atoms with Crippen LogP contribution in [-0.4, -0.2) is 19.5 Å². The normalized spacial score (nSPS) is 12.2. The molecule has 0 N–H and O–H groups in total. The standard InChI is InChI=1S/C28H30OSi2/c1-27(23-15-7-3-8-16-23,24-17-9-4-10-18-24)31(29-30)28(2,25-19-11-5-12-20-25)26-21-13-6-14-22-26/h3-22,31H,1-2,30H3. The van der Waals surface area contributed by atoms with E-state index >= 15 is 0 Å². The molecule has 0 aliphatic rings. The first-order valence-corrected chi connectivity index (χ1v) is 13.3. The lowest BCUT2D eigenvalue weighted by Gasteiger charge is -2.47. The maximum absolute atomic E-state index is 6.78. The molecule has 0 radical (unpaired) electrons. The summed E-state index contributed by atoms with van der Waals surface area (Å²) in [5.74, 6) is 0. The molecule has 0 fully saturated rings. The number of hydrogen-bond acceptors (Lipinski definition) is 1. The molecule has 4 rings (SSSR count). The van der Waals surface area contributed by atoms with Crippen LogP contribution in [0.5, 0.6) is 0 Å². The first kappa shape index (κ1) is 21.5. The molecular formula is C28H30OSi2. The Balaban J connectivity index is 2.02. The summed E-state index contributed by atoms with van der Waals surface area (Å²) in [6.45, 7) is 4.80. The topological polar surface area (TPSA) is 9.23 Å². The predicted octanol–water partition coefficient (Wildman–Crippen LogP) is 5.10. The van der Waals surface area contributed by atoms with E-state index in [1.165, 1.54) is 22.3 Å². The van der Waals surface area contributed by atoms with Crippen LogP contribution in [0.1, 0.15) is 36.1 Å². The van der Waals surface area contributed by atoms with Crippen LogP contribution in [0.3, 0.4) is 0 Å². The largest absolute Gasteiger partial charge is 0.464 e. The van der Waals surface area contributed by atoms with Crippen LogP contribution in [0.4, 0.5) is 0 Å². The molecular weight excluding hydrogens is 408 g/mol. The molecule has 4 aromatic carbocycles. The van der Waals surface area contributed by atoms with Crippen molar-refractivity contribution in [3.63, 3.8) is 0 Å². The number of hydrogen-bond donors (Lipinski definition) is 0. The van der Waals surface area contributed by atoms with Gasteiger partial charge in [0.15, 0.2) is 9.04 Å². The van der Waals surface area contributed by atoms with Gasteiger partial charge in [-0.3, -0.25) is 0 Å². The molecule has 0 spiro atoms. The molecule has 0 atom stereocenters. The van der Waals surface area contributed by atoms with Gasteiger partial charge in [0.05, 0.1) is 0 Å².